The van der Waals surface area contributed by atoms with Crippen LogP contribution in [0.25, 0.3) is 0 Å². The van der Waals surface area contributed by atoms with Crippen molar-refractivity contribution >= 4 is 6.09 Å². The van der Waals surface area contributed by atoms with Crippen LogP contribution in [-0.4, -0.2) is 48.9 Å². The summed E-state index contributed by atoms with van der Waals surface area (Å²) in [5.74, 6) is 5.55. The molecule has 1 amide bonds. The molecule has 6 heteroatoms. The van der Waals surface area contributed by atoms with Crippen LogP contribution in [0.3, 0.4) is 0 Å². The predicted octanol–water partition coefficient (Wildman–Crippen LogP) is -0.861. The Morgan fingerprint density at radius 3 is 2.62 bits per heavy atom. The topological polar surface area (TPSA) is 70.8 Å². The van der Waals surface area contributed by atoms with E-state index < -0.39 is 6.09 Å². The molecule has 3 N–H and O–H groups in total. The first-order valence-electron chi connectivity index (χ1n) is 4.40. The molecule has 0 aliphatic carbocycles. The van der Waals surface area contributed by atoms with Crippen molar-refractivity contribution in [2.24, 2.45) is 5.84 Å². The summed E-state index contributed by atoms with van der Waals surface area (Å²) in [5, 5.41) is 3.53. The molecule has 1 aliphatic heterocycles. The molecule has 1 aliphatic rings. The van der Waals surface area contributed by atoms with Crippen LogP contribution in [0, 0.1) is 0 Å². The van der Waals surface area contributed by atoms with E-state index in [0.717, 1.165) is 26.2 Å². The lowest BCUT2D eigenvalue weighted by molar-refractivity contribution is 0.0710. The number of nitrogens with two attached hydrogens (primary N) is 1. The van der Waals surface area contributed by atoms with E-state index in [9.17, 15) is 4.79 Å². The van der Waals surface area contributed by atoms with Gasteiger partial charge in [-0.3, -0.25) is 11.3 Å². The molecule has 0 saturated carbocycles. The summed E-state index contributed by atoms with van der Waals surface area (Å²) in [6.45, 7) is 5.14. The number of piperazine rings is 1. The van der Waals surface area contributed by atoms with Crippen LogP contribution in [-0.2, 0) is 4.74 Å². The van der Waals surface area contributed by atoms with Crippen molar-refractivity contribution in [3.63, 3.8) is 0 Å². The van der Waals surface area contributed by atoms with E-state index in [1.165, 1.54) is 0 Å². The van der Waals surface area contributed by atoms with Gasteiger partial charge < -0.3 is 4.74 Å². The molecule has 0 unspecified atom stereocenters. The number of amides is 1. The normalized spacial score (nSPS) is 19.8. The van der Waals surface area contributed by atoms with Crippen LogP contribution in [0.5, 0.6) is 0 Å². The van der Waals surface area contributed by atoms with Crippen LogP contribution in [0.4, 0.5) is 4.79 Å². The number of ether oxygens (including phenoxy) is 1. The molecule has 1 rings (SSSR count). The van der Waals surface area contributed by atoms with Gasteiger partial charge in [-0.2, -0.15) is 0 Å². The summed E-state index contributed by atoms with van der Waals surface area (Å²) in [7, 11) is 0. The quantitative estimate of drug-likeness (QED) is 0.552. The van der Waals surface area contributed by atoms with E-state index in [1.54, 1.807) is 16.9 Å². The van der Waals surface area contributed by atoms with E-state index in [-0.39, 0.29) is 0 Å². The third kappa shape index (κ3) is 3.58. The van der Waals surface area contributed by atoms with Crippen molar-refractivity contribution in [3.05, 3.63) is 0 Å². The zero-order chi connectivity index (χ0) is 9.68. The number of hydrogen-bond donors (Lipinski definition) is 2. The van der Waals surface area contributed by atoms with Gasteiger partial charge in [0.1, 0.15) is 0 Å². The van der Waals surface area contributed by atoms with E-state index in [1.807, 2.05) is 0 Å². The second kappa shape index (κ2) is 5.00. The highest BCUT2D eigenvalue weighted by Crippen LogP contribution is 1.93. The van der Waals surface area contributed by atoms with Gasteiger partial charge in [-0.15, -0.1) is 0 Å². The van der Waals surface area contributed by atoms with Gasteiger partial charge in [0.25, 0.3) is 0 Å². The maximum atomic E-state index is 11.0. The second-order valence-electron chi connectivity index (χ2n) is 2.86. The lowest BCUT2D eigenvalue weighted by atomic mass is 10.4. The summed E-state index contributed by atoms with van der Waals surface area (Å²) >= 11 is 0. The van der Waals surface area contributed by atoms with Crippen molar-refractivity contribution < 1.29 is 9.53 Å². The highest BCUT2D eigenvalue weighted by atomic mass is 16.6. The summed E-state index contributed by atoms with van der Waals surface area (Å²) in [6, 6.07) is 0. The first kappa shape index (κ1) is 10.2. The molecule has 1 heterocycles. The van der Waals surface area contributed by atoms with Gasteiger partial charge >= 0.3 is 6.09 Å². The van der Waals surface area contributed by atoms with Gasteiger partial charge in [-0.05, 0) is 6.92 Å². The number of hydrazine groups is 2. The third-order valence-electron chi connectivity index (χ3n) is 1.84. The van der Waals surface area contributed by atoms with E-state index in [4.69, 9.17) is 10.6 Å². The molecule has 0 aromatic rings. The molecule has 13 heavy (non-hydrogen) atoms. The number of rotatable bonds is 2. The number of hydrogen-bond acceptors (Lipinski definition) is 5. The zero-order valence-electron chi connectivity index (χ0n) is 7.82. The van der Waals surface area contributed by atoms with Crippen LogP contribution >= 0.6 is 0 Å². The summed E-state index contributed by atoms with van der Waals surface area (Å²) in [5.41, 5.74) is 2.63. The molecule has 0 spiro atoms. The van der Waals surface area contributed by atoms with E-state index in [2.05, 4.69) is 5.43 Å². The third-order valence-corrected chi connectivity index (χ3v) is 1.84. The number of carbonyl (C=O) groups excluding carboxylic acids is 1. The summed E-state index contributed by atoms with van der Waals surface area (Å²) in [6.07, 6.45) is -0.395. The predicted molar refractivity (Wildman–Crippen MR) is 47.5 cm³/mol. The van der Waals surface area contributed by atoms with Gasteiger partial charge in [-0.25, -0.2) is 14.8 Å². The Morgan fingerprint density at radius 2 is 2.08 bits per heavy atom. The van der Waals surface area contributed by atoms with Gasteiger partial charge in [0.05, 0.1) is 6.61 Å². The molecule has 0 bridgehead atoms. The molecule has 0 aromatic carbocycles. The minimum absolute atomic E-state index is 0.392. The first-order chi connectivity index (χ1) is 6.22. The smallest absolute Gasteiger partial charge is 0.421 e. The molecule has 6 nitrogen and oxygen atoms in total. The fourth-order valence-corrected chi connectivity index (χ4v) is 1.13. The van der Waals surface area contributed by atoms with Crippen LogP contribution in [0.2, 0.25) is 0 Å². The maximum Gasteiger partial charge on any atom is 0.421 e. The summed E-state index contributed by atoms with van der Waals surface area (Å²) in [4.78, 5) is 11.0. The molecule has 1 fully saturated rings. The first-order valence-corrected chi connectivity index (χ1v) is 4.40. The van der Waals surface area contributed by atoms with Gasteiger partial charge in [0.15, 0.2) is 0 Å². The van der Waals surface area contributed by atoms with Crippen molar-refractivity contribution in [1.82, 2.24) is 15.4 Å². The fraction of sp³-hybridized carbons (Fsp3) is 0.857. The van der Waals surface area contributed by atoms with E-state index in [0.29, 0.717) is 6.61 Å². The van der Waals surface area contributed by atoms with Gasteiger partial charge in [-0.1, -0.05) is 0 Å². The Hall–Kier alpha value is -0.850. The van der Waals surface area contributed by atoms with Crippen molar-refractivity contribution in [2.75, 3.05) is 32.8 Å². The van der Waals surface area contributed by atoms with Crippen molar-refractivity contribution in [1.29, 1.82) is 0 Å². The average Bonchev–Trinajstić information content (AvgIpc) is 2.09. The molecule has 0 atom stereocenters. The van der Waals surface area contributed by atoms with Crippen LogP contribution in [0.15, 0.2) is 0 Å². The van der Waals surface area contributed by atoms with Crippen LogP contribution in [0.1, 0.15) is 6.92 Å². The highest BCUT2D eigenvalue weighted by molar-refractivity contribution is 5.66. The van der Waals surface area contributed by atoms with Crippen LogP contribution < -0.4 is 11.3 Å². The molecule has 76 valence electrons. The zero-order valence-corrected chi connectivity index (χ0v) is 7.82. The van der Waals surface area contributed by atoms with Gasteiger partial charge in [0.2, 0.25) is 0 Å². The average molecular weight is 188 g/mol. The second-order valence-corrected chi connectivity index (χ2v) is 2.86. The number of carbonyl (C=O) groups is 1. The minimum Gasteiger partial charge on any atom is -0.449 e. The molecule has 1 saturated heterocycles. The Morgan fingerprint density at radius 1 is 1.46 bits per heavy atom. The molecule has 0 radical (unpaired) electrons. The molecular formula is C7H16N4O2. The lowest BCUT2D eigenvalue weighted by Gasteiger charge is -2.31. The maximum absolute atomic E-state index is 11.0. The SMILES string of the molecule is CCOC(=O)NN1CCN(N)CC1. The Bertz CT molecular complexity index is 168. The standard InChI is InChI=1S/C7H16N4O2/c1-2-13-7(12)9-11-5-3-10(8)4-6-11/h2-6,8H2,1H3,(H,9,12). The molecule has 0 aromatic heterocycles. The Balaban J connectivity index is 2.18. The largest absolute Gasteiger partial charge is 0.449 e. The monoisotopic (exact) mass is 188 g/mol. The van der Waals surface area contributed by atoms with Crippen molar-refractivity contribution in [2.45, 2.75) is 6.92 Å². The Labute approximate surface area is 77.5 Å². The number of nitrogens with one attached hydrogen (secondary N) is 1. The Kier molecular flexibility index (Phi) is 3.94. The fourth-order valence-electron chi connectivity index (χ4n) is 1.13. The van der Waals surface area contributed by atoms with E-state index >= 15 is 0 Å². The summed E-state index contributed by atoms with van der Waals surface area (Å²) < 4.78 is 4.73. The lowest BCUT2D eigenvalue weighted by Crippen LogP contribution is -2.55. The number of nitrogens with zero attached hydrogens (tertiary/aromatic N) is 2. The van der Waals surface area contributed by atoms with Crippen molar-refractivity contribution in [3.8, 4) is 0 Å². The highest BCUT2D eigenvalue weighted by Gasteiger charge is 2.15. The molecular weight excluding hydrogens is 172 g/mol. The van der Waals surface area contributed by atoms with Gasteiger partial charge in [0, 0.05) is 26.2 Å². The minimum atomic E-state index is -0.395.